The minimum Gasteiger partial charge on any atom is -0.508 e. The normalized spacial score (nSPS) is 14.5. The largest absolute Gasteiger partial charge is 0.508 e. The Kier molecular flexibility index (Phi) is 30.1. The van der Waals surface area contributed by atoms with Crippen molar-refractivity contribution in [2.24, 2.45) is 10.7 Å². The van der Waals surface area contributed by atoms with E-state index in [1.807, 2.05) is 35.2 Å². The van der Waals surface area contributed by atoms with Crippen LogP contribution in [-0.4, -0.2) is 217 Å². The highest BCUT2D eigenvalue weighted by molar-refractivity contribution is 5.94. The van der Waals surface area contributed by atoms with Crippen LogP contribution in [0.5, 0.6) is 11.5 Å². The van der Waals surface area contributed by atoms with Gasteiger partial charge in [0, 0.05) is 104 Å². The number of nitrogens with zero attached hydrogens (tertiary/aromatic N) is 5. The summed E-state index contributed by atoms with van der Waals surface area (Å²) in [5, 5.41) is 57.9. The number of amides is 7. The Labute approximate surface area is 511 Å². The number of nitrogens with one attached hydrogen (secondary N) is 7. The fourth-order valence-electron chi connectivity index (χ4n) is 9.32. The van der Waals surface area contributed by atoms with Crippen LogP contribution in [-0.2, 0) is 46.7 Å². The summed E-state index contributed by atoms with van der Waals surface area (Å²) in [5.74, 6) is -5.21. The molecular weight excluding hydrogens is 1140 g/mol. The lowest BCUT2D eigenvalue weighted by Gasteiger charge is -2.32. The number of aliphatic imine (C=N–C) groups is 1. The SMILES string of the molecule is CCC(=O)NCCNC(=O)/N=C(/N)NCCC[C@@H](NC(=O)[C@@H](c1ccccc1)c1cccc(OCCCCNC(=O)c2ccc(CNC(=O)CN3CCN(CC(=O)O)CCN(CC(=O)O)CCN(CC(=O)O)CC3)cc2)c1)C(=O)NCc1ccc(O)cc1. The van der Waals surface area contributed by atoms with Crippen LogP contribution in [0.2, 0.25) is 0 Å². The van der Waals surface area contributed by atoms with E-state index in [1.54, 1.807) is 82.3 Å². The molecule has 5 rings (SSSR count). The number of aliphatic carboxylic acids is 3. The smallest absolute Gasteiger partial charge is 0.344 e. The molecule has 13 N–H and O–H groups in total. The number of nitrogens with two attached hydrogens (primary N) is 1. The molecule has 1 aliphatic rings. The molecular formula is C61H83N13O14. The number of carboxylic acids is 3. The Balaban J connectivity index is 1.10. The van der Waals surface area contributed by atoms with Gasteiger partial charge < -0.3 is 68.1 Å². The monoisotopic (exact) mass is 1220 g/mol. The van der Waals surface area contributed by atoms with Crippen molar-refractivity contribution in [1.29, 1.82) is 0 Å². The third-order valence-corrected chi connectivity index (χ3v) is 14.1. The Morgan fingerprint density at radius 2 is 1.08 bits per heavy atom. The van der Waals surface area contributed by atoms with Crippen LogP contribution in [0.25, 0.3) is 0 Å². The number of unbranched alkanes of at least 4 members (excludes halogenated alkanes) is 1. The Morgan fingerprint density at radius 3 is 1.66 bits per heavy atom. The summed E-state index contributed by atoms with van der Waals surface area (Å²) in [5.41, 5.74) is 9.11. The van der Waals surface area contributed by atoms with Crippen LogP contribution in [0.4, 0.5) is 4.79 Å². The summed E-state index contributed by atoms with van der Waals surface area (Å²) in [6, 6.07) is 27.7. The summed E-state index contributed by atoms with van der Waals surface area (Å²) in [6.07, 6.45) is 1.98. The van der Waals surface area contributed by atoms with E-state index < -0.39 is 47.7 Å². The van der Waals surface area contributed by atoms with Gasteiger partial charge in [-0.1, -0.05) is 73.7 Å². The highest BCUT2D eigenvalue weighted by atomic mass is 16.5. The van der Waals surface area contributed by atoms with Gasteiger partial charge in [-0.05, 0) is 84.3 Å². The molecule has 7 amide bonds. The first-order chi connectivity index (χ1) is 42.3. The number of carbonyl (C=O) groups excluding carboxylic acids is 6. The summed E-state index contributed by atoms with van der Waals surface area (Å²) >= 11 is 0. The molecule has 1 fully saturated rings. The molecule has 0 spiro atoms. The number of phenols is 1. The summed E-state index contributed by atoms with van der Waals surface area (Å²) in [7, 11) is 0. The highest BCUT2D eigenvalue weighted by Crippen LogP contribution is 2.28. The molecule has 0 radical (unpaired) electrons. The lowest BCUT2D eigenvalue weighted by Crippen LogP contribution is -2.49. The number of carbonyl (C=O) groups is 9. The van der Waals surface area contributed by atoms with Gasteiger partial charge in [-0.25, -0.2) is 4.79 Å². The van der Waals surface area contributed by atoms with E-state index in [1.165, 1.54) is 12.1 Å². The fourth-order valence-corrected chi connectivity index (χ4v) is 9.32. The second-order valence-electron chi connectivity index (χ2n) is 20.9. The van der Waals surface area contributed by atoms with Gasteiger partial charge in [0.25, 0.3) is 5.91 Å². The van der Waals surface area contributed by atoms with E-state index in [4.69, 9.17) is 10.5 Å². The molecule has 0 saturated carbocycles. The first kappa shape index (κ1) is 69.6. The van der Waals surface area contributed by atoms with Crippen molar-refractivity contribution in [1.82, 2.24) is 56.8 Å². The molecule has 27 nitrogen and oxygen atoms in total. The van der Waals surface area contributed by atoms with Crippen LogP contribution in [0.3, 0.4) is 0 Å². The third-order valence-electron chi connectivity index (χ3n) is 14.1. The highest BCUT2D eigenvalue weighted by Gasteiger charge is 2.29. The Hall–Kier alpha value is -9.18. The molecule has 1 saturated heterocycles. The molecule has 4 aromatic carbocycles. The van der Waals surface area contributed by atoms with E-state index >= 15 is 0 Å². The van der Waals surface area contributed by atoms with E-state index in [0.717, 1.165) is 11.1 Å². The third kappa shape index (κ3) is 27.0. The lowest BCUT2D eigenvalue weighted by molar-refractivity contribution is -0.140. The second-order valence-corrected chi connectivity index (χ2v) is 20.9. The topological polar surface area (TPSA) is 379 Å². The van der Waals surface area contributed by atoms with Crippen molar-refractivity contribution in [2.75, 3.05) is 111 Å². The van der Waals surface area contributed by atoms with Crippen LogP contribution in [0.1, 0.15) is 77.6 Å². The number of hydrogen-bond acceptors (Lipinski definition) is 15. The standard InChI is InChI=1S/C61H83N13O14/c1-2-51(76)63-25-26-66-61(87)70-60(62)65-24-9-14-50(58(85)68-38-44-17-21-48(75)22-18-44)69-59(86)56(45-10-4-3-5-11-45)47-12-8-13-49(36-47)88-35-7-6-23-64-57(84)46-19-15-43(16-20-46)37-67-52(77)39-71-27-29-72(40-53(78)79)31-33-74(42-55(82)83)34-32-73(30-28-71)41-54(80)81/h3-5,8,10-13,15-22,36,50,56,75H,2,6-7,9,14,23-35,37-42H2,1H3,(H,63,76)(H,64,84)(H,67,77)(H,68,85)(H,69,86)(H,78,79)(H,80,81)(H,82,83)(H4,62,65,66,70,87)/t50-,56+/m1/s1. The molecule has 476 valence electrons. The van der Waals surface area contributed by atoms with E-state index in [2.05, 4.69) is 42.2 Å². The van der Waals surface area contributed by atoms with Gasteiger partial charge in [0.2, 0.25) is 23.6 Å². The van der Waals surface area contributed by atoms with Gasteiger partial charge in [-0.3, -0.25) is 58.0 Å². The lowest BCUT2D eigenvalue weighted by atomic mass is 9.90. The van der Waals surface area contributed by atoms with Crippen molar-refractivity contribution in [2.45, 2.75) is 64.1 Å². The zero-order valence-electron chi connectivity index (χ0n) is 49.6. The molecule has 27 heteroatoms. The quantitative estimate of drug-likeness (QED) is 0.0184. The molecule has 88 heavy (non-hydrogen) atoms. The number of hydrogen-bond donors (Lipinski definition) is 12. The Morgan fingerprint density at radius 1 is 0.545 bits per heavy atom. The minimum absolute atomic E-state index is 0.0412. The molecule has 0 unspecified atom stereocenters. The van der Waals surface area contributed by atoms with Gasteiger partial charge in [0.15, 0.2) is 5.96 Å². The zero-order chi connectivity index (χ0) is 63.6. The molecule has 1 aliphatic heterocycles. The van der Waals surface area contributed by atoms with Crippen LogP contribution < -0.4 is 47.7 Å². The maximum atomic E-state index is 14.5. The van der Waals surface area contributed by atoms with Crippen LogP contribution in [0, 0.1) is 0 Å². The number of ether oxygens (including phenoxy) is 1. The first-order valence-electron chi connectivity index (χ1n) is 29.3. The maximum absolute atomic E-state index is 14.5. The number of benzene rings is 4. The van der Waals surface area contributed by atoms with Crippen LogP contribution in [0.15, 0.2) is 108 Å². The number of rotatable bonds is 32. The van der Waals surface area contributed by atoms with Crippen molar-refractivity contribution in [3.63, 3.8) is 0 Å². The van der Waals surface area contributed by atoms with E-state index in [9.17, 15) is 63.6 Å². The van der Waals surface area contributed by atoms with Gasteiger partial charge in [-0.15, -0.1) is 0 Å². The van der Waals surface area contributed by atoms with Crippen LogP contribution >= 0.6 is 0 Å². The number of guanidine groups is 1. The van der Waals surface area contributed by atoms with Crippen molar-refractivity contribution in [3.8, 4) is 11.5 Å². The Bertz CT molecular complexity index is 2900. The van der Waals surface area contributed by atoms with Gasteiger partial charge in [0.05, 0.1) is 38.7 Å². The fraction of sp³-hybridized carbons (Fsp3) is 0.443. The minimum atomic E-state index is -1.05. The maximum Gasteiger partial charge on any atom is 0.344 e. The van der Waals surface area contributed by atoms with Gasteiger partial charge >= 0.3 is 23.9 Å². The number of urea groups is 1. The number of carboxylic acid groups (broad SMARTS) is 3. The van der Waals surface area contributed by atoms with E-state index in [-0.39, 0.29) is 134 Å². The molecule has 4 aromatic rings. The zero-order valence-corrected chi connectivity index (χ0v) is 49.6. The molecule has 0 aliphatic carbocycles. The van der Waals surface area contributed by atoms with Crippen molar-refractivity contribution < 1.29 is 68.3 Å². The number of aromatic hydroxyl groups is 1. The first-order valence-corrected chi connectivity index (χ1v) is 29.3. The summed E-state index contributed by atoms with van der Waals surface area (Å²) in [6.45, 7) is 4.59. The van der Waals surface area contributed by atoms with Gasteiger partial charge in [0.1, 0.15) is 17.5 Å². The molecule has 0 bridgehead atoms. The molecule has 2 atom stereocenters. The average molecular weight is 1220 g/mol. The molecule has 0 aromatic heterocycles. The average Bonchev–Trinajstić information content (AvgIpc) is 3.69. The second kappa shape index (κ2) is 38.1. The van der Waals surface area contributed by atoms with Crippen molar-refractivity contribution >= 4 is 59.4 Å². The summed E-state index contributed by atoms with van der Waals surface area (Å²) < 4.78 is 6.14. The van der Waals surface area contributed by atoms with Gasteiger partial charge in [-0.2, -0.15) is 4.99 Å². The molecule has 1 heterocycles. The van der Waals surface area contributed by atoms with Crippen molar-refractivity contribution in [3.05, 3.63) is 131 Å². The van der Waals surface area contributed by atoms with E-state index in [0.29, 0.717) is 74.4 Å². The summed E-state index contributed by atoms with van der Waals surface area (Å²) in [4.78, 5) is 124. The number of phenolic OH excluding ortho intramolecular Hbond substituents is 1. The predicted molar refractivity (Wildman–Crippen MR) is 326 cm³/mol. The predicted octanol–water partition coefficient (Wildman–Crippen LogP) is 0.926.